The van der Waals surface area contributed by atoms with Crippen molar-refractivity contribution in [3.63, 3.8) is 0 Å². The maximum atomic E-state index is 12.1. The van der Waals surface area contributed by atoms with E-state index in [4.69, 9.17) is 10.5 Å². The van der Waals surface area contributed by atoms with Crippen molar-refractivity contribution >= 4 is 12.0 Å². The van der Waals surface area contributed by atoms with E-state index in [1.54, 1.807) is 6.92 Å². The number of carbonyl (C=O) groups is 2. The molecule has 0 aliphatic heterocycles. The van der Waals surface area contributed by atoms with Gasteiger partial charge in [-0.15, -0.1) is 0 Å². The summed E-state index contributed by atoms with van der Waals surface area (Å²) in [5, 5.41) is 2.92. The van der Waals surface area contributed by atoms with Gasteiger partial charge < -0.3 is 20.7 Å². The molecule has 22 heavy (non-hydrogen) atoms. The normalized spacial score (nSPS) is 23.5. The van der Waals surface area contributed by atoms with E-state index < -0.39 is 11.6 Å². The van der Waals surface area contributed by atoms with Crippen LogP contribution >= 0.6 is 0 Å². The molecule has 3 N–H and O–H groups in total. The molecule has 1 saturated carbocycles. The number of hydrogen-bond donors (Lipinski definition) is 2. The molecule has 1 aliphatic rings. The summed E-state index contributed by atoms with van der Waals surface area (Å²) in [6, 6.07) is -0.118. The monoisotopic (exact) mass is 313 g/mol. The summed E-state index contributed by atoms with van der Waals surface area (Å²) in [6.07, 6.45) is 3.11. The van der Waals surface area contributed by atoms with Crippen molar-refractivity contribution in [2.24, 2.45) is 5.73 Å². The molecule has 1 unspecified atom stereocenters. The van der Waals surface area contributed by atoms with Gasteiger partial charge in [0.25, 0.3) is 0 Å². The first kappa shape index (κ1) is 18.7. The molecule has 0 bridgehead atoms. The zero-order chi connectivity index (χ0) is 16.9. The Labute approximate surface area is 133 Å². The van der Waals surface area contributed by atoms with Gasteiger partial charge in [-0.2, -0.15) is 0 Å². The Morgan fingerprint density at radius 2 is 1.82 bits per heavy atom. The second-order valence-corrected chi connectivity index (χ2v) is 7.06. The van der Waals surface area contributed by atoms with Gasteiger partial charge in [-0.25, -0.2) is 4.79 Å². The Morgan fingerprint density at radius 3 is 2.23 bits per heavy atom. The number of nitrogens with zero attached hydrogens (tertiary/aromatic N) is 1. The average Bonchev–Trinajstić information content (AvgIpc) is 2.39. The molecule has 6 nitrogen and oxygen atoms in total. The number of ether oxygens (including phenoxy) is 1. The smallest absolute Gasteiger partial charge is 0.407 e. The van der Waals surface area contributed by atoms with E-state index >= 15 is 0 Å². The second-order valence-electron chi connectivity index (χ2n) is 7.06. The van der Waals surface area contributed by atoms with Gasteiger partial charge in [-0.05, 0) is 60.3 Å². The maximum Gasteiger partial charge on any atom is 0.407 e. The third-order valence-electron chi connectivity index (χ3n) is 3.87. The van der Waals surface area contributed by atoms with Gasteiger partial charge >= 0.3 is 6.09 Å². The molecule has 1 rings (SSSR count). The number of rotatable bonds is 4. The van der Waals surface area contributed by atoms with E-state index in [1.807, 2.05) is 32.6 Å². The van der Waals surface area contributed by atoms with Crippen LogP contribution in [0.5, 0.6) is 0 Å². The largest absolute Gasteiger partial charge is 0.444 e. The first-order valence-corrected chi connectivity index (χ1v) is 8.19. The molecule has 128 valence electrons. The molecular formula is C16H31N3O3. The summed E-state index contributed by atoms with van der Waals surface area (Å²) in [5.41, 5.74) is 5.22. The van der Waals surface area contributed by atoms with Gasteiger partial charge in [0, 0.05) is 18.6 Å². The van der Waals surface area contributed by atoms with Crippen molar-refractivity contribution in [2.45, 2.75) is 84.0 Å². The molecule has 0 aromatic rings. The molecule has 1 fully saturated rings. The Morgan fingerprint density at radius 1 is 1.27 bits per heavy atom. The lowest BCUT2D eigenvalue weighted by atomic mass is 9.90. The fourth-order valence-electron chi connectivity index (χ4n) is 2.86. The van der Waals surface area contributed by atoms with Crippen LogP contribution in [0.2, 0.25) is 0 Å². The third-order valence-corrected chi connectivity index (χ3v) is 3.87. The van der Waals surface area contributed by atoms with Crippen molar-refractivity contribution < 1.29 is 14.3 Å². The highest BCUT2D eigenvalue weighted by atomic mass is 16.6. The highest BCUT2D eigenvalue weighted by molar-refractivity contribution is 5.81. The third kappa shape index (κ3) is 5.83. The summed E-state index contributed by atoms with van der Waals surface area (Å²) in [6.45, 7) is 9.92. The van der Waals surface area contributed by atoms with Crippen LogP contribution < -0.4 is 11.1 Å². The van der Waals surface area contributed by atoms with Gasteiger partial charge in [-0.1, -0.05) is 0 Å². The van der Waals surface area contributed by atoms with E-state index in [1.165, 1.54) is 0 Å². The van der Waals surface area contributed by atoms with Crippen LogP contribution in [0.1, 0.15) is 60.3 Å². The van der Waals surface area contributed by atoms with Crippen LogP contribution in [0.3, 0.4) is 0 Å². The zero-order valence-corrected chi connectivity index (χ0v) is 14.5. The van der Waals surface area contributed by atoms with E-state index in [2.05, 4.69) is 5.32 Å². The van der Waals surface area contributed by atoms with Crippen LogP contribution in [-0.2, 0) is 9.53 Å². The van der Waals surface area contributed by atoms with Gasteiger partial charge in [-0.3, -0.25) is 4.79 Å². The number of nitrogens with two attached hydrogens (primary N) is 1. The van der Waals surface area contributed by atoms with Crippen LogP contribution in [0, 0.1) is 0 Å². The Kier molecular flexibility index (Phi) is 6.66. The first-order chi connectivity index (χ1) is 10.1. The highest BCUT2D eigenvalue weighted by Crippen LogP contribution is 2.24. The van der Waals surface area contributed by atoms with Crippen molar-refractivity contribution in [2.75, 3.05) is 6.54 Å². The Hall–Kier alpha value is -1.30. The molecule has 0 heterocycles. The van der Waals surface area contributed by atoms with Crippen LogP contribution in [0.25, 0.3) is 0 Å². The molecule has 1 atom stereocenters. The average molecular weight is 313 g/mol. The van der Waals surface area contributed by atoms with Crippen molar-refractivity contribution in [3.8, 4) is 0 Å². The number of alkyl carbamates (subject to hydrolysis) is 1. The molecule has 0 aromatic heterocycles. The number of carbonyl (C=O) groups excluding carboxylic acids is 2. The van der Waals surface area contributed by atoms with Gasteiger partial charge in [0.15, 0.2) is 0 Å². The summed E-state index contributed by atoms with van der Waals surface area (Å²) in [7, 11) is 0. The number of likely N-dealkylation sites (N-methyl/N-ethyl adjacent to an activating group) is 1. The van der Waals surface area contributed by atoms with Gasteiger partial charge in [0.1, 0.15) is 5.60 Å². The van der Waals surface area contributed by atoms with E-state index in [9.17, 15) is 9.59 Å². The SMILES string of the molecule is CCN(C(=O)C(C)N)C1CCC(NC(=O)OC(C)(C)C)CC1. The second kappa shape index (κ2) is 7.81. The topological polar surface area (TPSA) is 84.7 Å². The number of amides is 2. The van der Waals surface area contributed by atoms with Crippen molar-refractivity contribution in [3.05, 3.63) is 0 Å². The van der Waals surface area contributed by atoms with Gasteiger partial charge in [0.05, 0.1) is 6.04 Å². The Bertz CT molecular complexity index is 383. The Balaban J connectivity index is 2.46. The minimum atomic E-state index is -0.482. The van der Waals surface area contributed by atoms with Crippen LogP contribution in [-0.4, -0.2) is 47.2 Å². The molecule has 6 heteroatoms. The highest BCUT2D eigenvalue weighted by Gasteiger charge is 2.30. The van der Waals surface area contributed by atoms with E-state index in [-0.39, 0.29) is 24.1 Å². The van der Waals surface area contributed by atoms with E-state index in [0.717, 1.165) is 25.7 Å². The van der Waals surface area contributed by atoms with Crippen molar-refractivity contribution in [1.82, 2.24) is 10.2 Å². The molecule has 0 aromatic carbocycles. The minimum absolute atomic E-state index is 0.00560. The minimum Gasteiger partial charge on any atom is -0.444 e. The predicted octanol–water partition coefficient (Wildman–Crippen LogP) is 2.02. The lowest BCUT2D eigenvalue weighted by molar-refractivity contribution is -0.135. The number of hydrogen-bond acceptors (Lipinski definition) is 4. The lowest BCUT2D eigenvalue weighted by Crippen LogP contribution is -2.50. The van der Waals surface area contributed by atoms with Crippen LogP contribution in [0.4, 0.5) is 4.79 Å². The van der Waals surface area contributed by atoms with E-state index in [0.29, 0.717) is 6.54 Å². The fourth-order valence-corrected chi connectivity index (χ4v) is 2.86. The quantitative estimate of drug-likeness (QED) is 0.831. The standard InChI is InChI=1S/C16H31N3O3/c1-6-19(14(20)11(2)17)13-9-7-12(8-10-13)18-15(21)22-16(3,4)5/h11-13H,6-10,17H2,1-5H3,(H,18,21). The van der Waals surface area contributed by atoms with Crippen LogP contribution in [0.15, 0.2) is 0 Å². The predicted molar refractivity (Wildman–Crippen MR) is 86.5 cm³/mol. The van der Waals surface area contributed by atoms with Crippen molar-refractivity contribution in [1.29, 1.82) is 0 Å². The summed E-state index contributed by atoms with van der Waals surface area (Å²) < 4.78 is 5.27. The first-order valence-electron chi connectivity index (χ1n) is 8.19. The molecule has 2 amide bonds. The summed E-state index contributed by atoms with van der Waals surface area (Å²) in [4.78, 5) is 25.8. The number of nitrogens with one attached hydrogen (secondary N) is 1. The zero-order valence-electron chi connectivity index (χ0n) is 14.5. The molecular weight excluding hydrogens is 282 g/mol. The molecule has 0 spiro atoms. The molecule has 1 aliphatic carbocycles. The fraction of sp³-hybridized carbons (Fsp3) is 0.875. The lowest BCUT2D eigenvalue weighted by Gasteiger charge is -2.37. The maximum absolute atomic E-state index is 12.1. The summed E-state index contributed by atoms with van der Waals surface area (Å²) in [5.74, 6) is 0.00560. The molecule has 0 radical (unpaired) electrons. The summed E-state index contributed by atoms with van der Waals surface area (Å²) >= 11 is 0. The van der Waals surface area contributed by atoms with Gasteiger partial charge in [0.2, 0.25) is 5.91 Å². The molecule has 0 saturated heterocycles.